The topological polar surface area (TPSA) is 131 Å². The van der Waals surface area contributed by atoms with Crippen molar-refractivity contribution in [2.75, 3.05) is 79.7 Å². The average molecular weight is 568 g/mol. The third kappa shape index (κ3) is 6.60. The first-order valence-electron chi connectivity index (χ1n) is 13.4. The number of hydrogen-bond donors (Lipinski definition) is 1. The Labute approximate surface area is 224 Å². The number of ether oxygens (including phenoxy) is 2. The fraction of sp³-hybridized carbons (Fsp3) is 0.680. The first-order valence-corrected chi connectivity index (χ1v) is 17.0. The molecule has 0 unspecified atom stereocenters. The van der Waals surface area contributed by atoms with Gasteiger partial charge in [0.2, 0.25) is 5.95 Å². The maximum Gasteiger partial charge on any atom is 0.227 e. The number of nitrogens with one attached hydrogen (secondary N) is 1. The molecule has 0 bridgehead atoms. The number of likely N-dealkylation sites (tertiary alicyclic amines) is 1. The summed E-state index contributed by atoms with van der Waals surface area (Å²) < 4.78 is 59.6. The van der Waals surface area contributed by atoms with Crippen LogP contribution in [0.3, 0.4) is 0 Å². The van der Waals surface area contributed by atoms with E-state index in [1.165, 1.54) is 12.8 Å². The molecule has 0 amide bonds. The maximum atomic E-state index is 12.0. The minimum absolute atomic E-state index is 0.0429. The Morgan fingerprint density at radius 2 is 1.61 bits per heavy atom. The van der Waals surface area contributed by atoms with Crippen LogP contribution in [0.2, 0.25) is 0 Å². The fourth-order valence-corrected chi connectivity index (χ4v) is 7.96. The van der Waals surface area contributed by atoms with Gasteiger partial charge in [-0.25, -0.2) is 21.8 Å². The van der Waals surface area contributed by atoms with Gasteiger partial charge in [0.1, 0.15) is 15.7 Å². The summed E-state index contributed by atoms with van der Waals surface area (Å²) >= 11 is 0. The second-order valence-electron chi connectivity index (χ2n) is 10.4. The summed E-state index contributed by atoms with van der Waals surface area (Å²) in [6.07, 6.45) is 4.44. The number of anilines is 2. The molecule has 5 rings (SSSR count). The molecule has 0 radical (unpaired) electrons. The van der Waals surface area contributed by atoms with Crippen LogP contribution < -0.4 is 19.7 Å². The van der Waals surface area contributed by atoms with Crippen molar-refractivity contribution in [2.45, 2.75) is 38.1 Å². The molecule has 4 heterocycles. The molecule has 0 atom stereocenters. The lowest BCUT2D eigenvalue weighted by atomic mass is 10.1. The summed E-state index contributed by atoms with van der Waals surface area (Å²) in [6, 6.07) is 3.67. The molecule has 1 aromatic carbocycles. The molecular formula is C25H37N5O6S2. The second-order valence-corrected chi connectivity index (χ2v) is 15.0. The van der Waals surface area contributed by atoms with Gasteiger partial charge < -0.3 is 24.6 Å². The fourth-order valence-electron chi connectivity index (χ4n) is 5.26. The van der Waals surface area contributed by atoms with Crippen molar-refractivity contribution >= 4 is 42.3 Å². The van der Waals surface area contributed by atoms with Crippen LogP contribution in [-0.2, 0) is 19.7 Å². The Balaban J connectivity index is 1.41. The number of benzene rings is 1. The molecule has 0 spiro atoms. The third-order valence-electron chi connectivity index (χ3n) is 7.57. The first-order chi connectivity index (χ1) is 18.2. The molecule has 11 nitrogen and oxygen atoms in total. The van der Waals surface area contributed by atoms with E-state index in [0.717, 1.165) is 31.4 Å². The number of aromatic nitrogens is 2. The van der Waals surface area contributed by atoms with Gasteiger partial charge in [0.15, 0.2) is 21.3 Å². The summed E-state index contributed by atoms with van der Waals surface area (Å²) in [4.78, 5) is 13.9. The molecule has 210 valence electrons. The van der Waals surface area contributed by atoms with Crippen LogP contribution in [-0.4, -0.2) is 107 Å². The SMILES string of the molecule is COc1cc2c(NC3CCS(=O)(=O)CC3)nc(N3CCS(=O)(=O)CC3)nc2cc1OCCCN1CCCC1. The van der Waals surface area contributed by atoms with Gasteiger partial charge in [-0.1, -0.05) is 0 Å². The smallest absolute Gasteiger partial charge is 0.227 e. The van der Waals surface area contributed by atoms with Gasteiger partial charge in [-0.05, 0) is 51.3 Å². The van der Waals surface area contributed by atoms with E-state index in [-0.39, 0.29) is 29.1 Å². The monoisotopic (exact) mass is 567 g/mol. The summed E-state index contributed by atoms with van der Waals surface area (Å²) in [5, 5.41) is 4.19. The van der Waals surface area contributed by atoms with E-state index < -0.39 is 19.7 Å². The van der Waals surface area contributed by atoms with Gasteiger partial charge >= 0.3 is 0 Å². The molecule has 3 saturated heterocycles. The summed E-state index contributed by atoms with van der Waals surface area (Å²) in [5.74, 6) is 2.62. The summed E-state index contributed by atoms with van der Waals surface area (Å²) in [6.45, 7) is 4.52. The van der Waals surface area contributed by atoms with Gasteiger partial charge in [-0.3, -0.25) is 0 Å². The minimum atomic E-state index is -3.05. The van der Waals surface area contributed by atoms with Crippen LogP contribution in [0, 0.1) is 0 Å². The molecule has 38 heavy (non-hydrogen) atoms. The highest BCUT2D eigenvalue weighted by Crippen LogP contribution is 2.36. The maximum absolute atomic E-state index is 12.0. The zero-order valence-corrected chi connectivity index (χ0v) is 23.5. The largest absolute Gasteiger partial charge is 0.493 e. The van der Waals surface area contributed by atoms with Crippen LogP contribution in [0.4, 0.5) is 11.8 Å². The highest BCUT2D eigenvalue weighted by molar-refractivity contribution is 7.91. The van der Waals surface area contributed by atoms with E-state index in [1.807, 2.05) is 17.0 Å². The quantitative estimate of drug-likeness (QED) is 0.445. The standard InChI is InChI=1S/C25H37N5O6S2/c1-35-22-17-20-21(18-23(22)36-12-4-9-29-7-2-3-8-29)27-25(30-10-15-38(33,34)16-11-30)28-24(20)26-19-5-13-37(31,32)14-6-19/h17-19H,2-16H2,1H3,(H,26,27,28). The van der Waals surface area contributed by atoms with E-state index >= 15 is 0 Å². The molecule has 1 aromatic heterocycles. The lowest BCUT2D eigenvalue weighted by Gasteiger charge is -2.28. The minimum Gasteiger partial charge on any atom is -0.493 e. The summed E-state index contributed by atoms with van der Waals surface area (Å²) in [5.41, 5.74) is 0.657. The number of hydrogen-bond acceptors (Lipinski definition) is 11. The zero-order valence-electron chi connectivity index (χ0n) is 21.9. The van der Waals surface area contributed by atoms with Crippen molar-refractivity contribution in [3.63, 3.8) is 0 Å². The molecule has 3 aliphatic rings. The van der Waals surface area contributed by atoms with Crippen LogP contribution in [0.25, 0.3) is 10.9 Å². The summed E-state index contributed by atoms with van der Waals surface area (Å²) in [7, 11) is -4.45. The molecule has 3 fully saturated rings. The third-order valence-corrected chi connectivity index (χ3v) is 10.9. The van der Waals surface area contributed by atoms with Crippen molar-refractivity contribution in [3.8, 4) is 11.5 Å². The first kappa shape index (κ1) is 27.2. The van der Waals surface area contributed by atoms with Gasteiger partial charge in [0, 0.05) is 37.1 Å². The second kappa shape index (κ2) is 11.4. The van der Waals surface area contributed by atoms with Crippen LogP contribution in [0.15, 0.2) is 12.1 Å². The Morgan fingerprint density at radius 1 is 0.921 bits per heavy atom. The molecule has 13 heteroatoms. The predicted molar refractivity (Wildman–Crippen MR) is 148 cm³/mol. The van der Waals surface area contributed by atoms with E-state index in [4.69, 9.17) is 19.4 Å². The number of fused-ring (bicyclic) bond motifs is 1. The Hall–Kier alpha value is -2.38. The molecule has 1 N–H and O–H groups in total. The zero-order chi connectivity index (χ0) is 26.8. The average Bonchev–Trinajstić information content (AvgIpc) is 3.41. The normalized spacial score (nSPS) is 22.0. The van der Waals surface area contributed by atoms with E-state index in [0.29, 0.717) is 61.3 Å². The lowest BCUT2D eigenvalue weighted by Crippen LogP contribution is -2.41. The van der Waals surface area contributed by atoms with Gasteiger partial charge in [0.05, 0.1) is 42.2 Å². The van der Waals surface area contributed by atoms with Crippen molar-refractivity contribution in [2.24, 2.45) is 0 Å². The van der Waals surface area contributed by atoms with Crippen LogP contribution >= 0.6 is 0 Å². The van der Waals surface area contributed by atoms with E-state index in [1.54, 1.807) is 7.11 Å². The number of nitrogens with zero attached hydrogens (tertiary/aromatic N) is 4. The predicted octanol–water partition coefficient (Wildman–Crippen LogP) is 1.73. The van der Waals surface area contributed by atoms with Crippen molar-refractivity contribution in [1.29, 1.82) is 0 Å². The molecule has 2 aromatic rings. The Morgan fingerprint density at radius 3 is 2.29 bits per heavy atom. The Bertz CT molecular complexity index is 1330. The lowest BCUT2D eigenvalue weighted by molar-refractivity contribution is 0.254. The number of methoxy groups -OCH3 is 1. The van der Waals surface area contributed by atoms with Gasteiger partial charge in [0.25, 0.3) is 0 Å². The van der Waals surface area contributed by atoms with E-state index in [9.17, 15) is 16.8 Å². The highest BCUT2D eigenvalue weighted by atomic mass is 32.2. The van der Waals surface area contributed by atoms with Crippen molar-refractivity contribution < 1.29 is 26.3 Å². The number of rotatable bonds is 9. The van der Waals surface area contributed by atoms with Crippen LogP contribution in [0.1, 0.15) is 32.1 Å². The van der Waals surface area contributed by atoms with E-state index in [2.05, 4.69) is 10.2 Å². The molecule has 0 saturated carbocycles. The van der Waals surface area contributed by atoms with Crippen LogP contribution in [0.5, 0.6) is 11.5 Å². The van der Waals surface area contributed by atoms with Gasteiger partial charge in [-0.15, -0.1) is 0 Å². The van der Waals surface area contributed by atoms with Crippen molar-refractivity contribution in [1.82, 2.24) is 14.9 Å². The van der Waals surface area contributed by atoms with Crippen molar-refractivity contribution in [3.05, 3.63) is 12.1 Å². The Kier molecular flexibility index (Phi) is 8.15. The van der Waals surface area contributed by atoms with Gasteiger partial charge in [-0.2, -0.15) is 4.98 Å². The number of sulfone groups is 2. The molecule has 0 aliphatic carbocycles. The molecule has 3 aliphatic heterocycles. The highest BCUT2D eigenvalue weighted by Gasteiger charge is 2.27. The molecular weight excluding hydrogens is 530 g/mol.